The SMILES string of the molecule is CCOc1ccccc1CN(C)C(=O)c1ccc(NC(=O)c2cccs2)cc1. The smallest absolute Gasteiger partial charge is 0.265 e. The lowest BCUT2D eigenvalue weighted by atomic mass is 10.1. The lowest BCUT2D eigenvalue weighted by Gasteiger charge is -2.19. The lowest BCUT2D eigenvalue weighted by molar-refractivity contribution is 0.0784. The van der Waals surface area contributed by atoms with Crippen LogP contribution < -0.4 is 10.1 Å². The fourth-order valence-electron chi connectivity index (χ4n) is 2.78. The van der Waals surface area contributed by atoms with Crippen LogP contribution >= 0.6 is 11.3 Å². The zero-order valence-corrected chi connectivity index (χ0v) is 16.7. The number of hydrogen-bond donors (Lipinski definition) is 1. The molecule has 0 spiro atoms. The van der Waals surface area contributed by atoms with Crippen molar-refractivity contribution < 1.29 is 14.3 Å². The molecular weight excluding hydrogens is 372 g/mol. The number of ether oxygens (including phenoxy) is 1. The van der Waals surface area contributed by atoms with Crippen LogP contribution in [0, 0.1) is 0 Å². The van der Waals surface area contributed by atoms with Crippen LogP contribution in [0.25, 0.3) is 0 Å². The van der Waals surface area contributed by atoms with Gasteiger partial charge in [0, 0.05) is 30.4 Å². The van der Waals surface area contributed by atoms with Crippen molar-refractivity contribution in [3.63, 3.8) is 0 Å². The van der Waals surface area contributed by atoms with E-state index in [4.69, 9.17) is 4.74 Å². The Morgan fingerprint density at radius 3 is 2.46 bits per heavy atom. The van der Waals surface area contributed by atoms with Crippen LogP contribution in [0.4, 0.5) is 5.69 Å². The number of rotatable bonds is 7. The first-order valence-corrected chi connectivity index (χ1v) is 9.87. The number of anilines is 1. The fourth-order valence-corrected chi connectivity index (χ4v) is 3.39. The molecule has 5 nitrogen and oxygen atoms in total. The van der Waals surface area contributed by atoms with Gasteiger partial charge in [-0.15, -0.1) is 11.3 Å². The third-order valence-corrected chi connectivity index (χ3v) is 5.03. The molecule has 0 unspecified atom stereocenters. The number of carbonyl (C=O) groups excluding carboxylic acids is 2. The molecule has 3 aromatic rings. The van der Waals surface area contributed by atoms with Crippen LogP contribution in [-0.2, 0) is 6.54 Å². The standard InChI is InChI=1S/C22H22N2O3S/c1-3-27-19-8-5-4-7-17(19)15-24(2)22(26)16-10-12-18(13-11-16)23-21(25)20-9-6-14-28-20/h4-14H,3,15H2,1-2H3,(H,23,25). The summed E-state index contributed by atoms with van der Waals surface area (Å²) in [6.45, 7) is 2.96. The Bertz CT molecular complexity index is 937. The molecular formula is C22H22N2O3S. The van der Waals surface area contributed by atoms with Crippen molar-refractivity contribution in [1.82, 2.24) is 4.90 Å². The molecule has 0 aliphatic heterocycles. The number of carbonyl (C=O) groups is 2. The highest BCUT2D eigenvalue weighted by molar-refractivity contribution is 7.12. The van der Waals surface area contributed by atoms with E-state index >= 15 is 0 Å². The predicted molar refractivity (Wildman–Crippen MR) is 112 cm³/mol. The number of amides is 2. The van der Waals surface area contributed by atoms with Gasteiger partial charge in [-0.1, -0.05) is 24.3 Å². The van der Waals surface area contributed by atoms with Crippen molar-refractivity contribution in [2.45, 2.75) is 13.5 Å². The van der Waals surface area contributed by atoms with E-state index in [2.05, 4.69) is 5.32 Å². The fraction of sp³-hybridized carbons (Fsp3) is 0.182. The number of nitrogens with one attached hydrogen (secondary N) is 1. The van der Waals surface area contributed by atoms with Crippen LogP contribution in [0.3, 0.4) is 0 Å². The summed E-state index contributed by atoms with van der Waals surface area (Å²) in [5, 5.41) is 4.69. The molecule has 1 N–H and O–H groups in total. The highest BCUT2D eigenvalue weighted by atomic mass is 32.1. The maximum Gasteiger partial charge on any atom is 0.265 e. The van der Waals surface area contributed by atoms with Gasteiger partial charge in [0.2, 0.25) is 0 Å². The Morgan fingerprint density at radius 2 is 1.79 bits per heavy atom. The highest BCUT2D eigenvalue weighted by Gasteiger charge is 2.14. The largest absolute Gasteiger partial charge is 0.494 e. The van der Waals surface area contributed by atoms with Gasteiger partial charge >= 0.3 is 0 Å². The first-order valence-electron chi connectivity index (χ1n) is 8.99. The average Bonchev–Trinajstić information content (AvgIpc) is 3.25. The van der Waals surface area contributed by atoms with Gasteiger partial charge in [0.25, 0.3) is 11.8 Å². The lowest BCUT2D eigenvalue weighted by Crippen LogP contribution is -2.26. The number of thiophene rings is 1. The molecule has 0 atom stereocenters. The van der Waals surface area contributed by atoms with Gasteiger partial charge < -0.3 is 15.0 Å². The second-order valence-corrected chi connectivity index (χ2v) is 7.16. The third kappa shape index (κ3) is 4.78. The zero-order valence-electron chi connectivity index (χ0n) is 15.8. The summed E-state index contributed by atoms with van der Waals surface area (Å²) in [6.07, 6.45) is 0. The second-order valence-electron chi connectivity index (χ2n) is 6.21. The van der Waals surface area contributed by atoms with E-state index in [-0.39, 0.29) is 11.8 Å². The molecule has 0 saturated carbocycles. The molecule has 28 heavy (non-hydrogen) atoms. The van der Waals surface area contributed by atoms with Gasteiger partial charge in [-0.25, -0.2) is 0 Å². The normalized spacial score (nSPS) is 10.4. The molecule has 1 aromatic heterocycles. The second kappa shape index (κ2) is 9.19. The van der Waals surface area contributed by atoms with Gasteiger partial charge in [-0.05, 0) is 48.7 Å². The quantitative estimate of drug-likeness (QED) is 0.633. The molecule has 2 amide bonds. The molecule has 0 radical (unpaired) electrons. The van der Waals surface area contributed by atoms with Crippen molar-refractivity contribution in [2.24, 2.45) is 0 Å². The molecule has 3 rings (SSSR count). The van der Waals surface area contributed by atoms with Gasteiger partial charge in [-0.3, -0.25) is 9.59 Å². The molecule has 0 aliphatic rings. The van der Waals surface area contributed by atoms with Crippen LogP contribution in [0.15, 0.2) is 66.0 Å². The molecule has 0 bridgehead atoms. The molecule has 2 aromatic carbocycles. The van der Waals surface area contributed by atoms with Gasteiger partial charge in [0.15, 0.2) is 0 Å². The summed E-state index contributed by atoms with van der Waals surface area (Å²) in [7, 11) is 1.76. The Hall–Kier alpha value is -3.12. The first-order chi connectivity index (χ1) is 13.6. The molecule has 0 aliphatic carbocycles. The van der Waals surface area contributed by atoms with E-state index in [1.54, 1.807) is 42.3 Å². The molecule has 144 valence electrons. The van der Waals surface area contributed by atoms with Gasteiger partial charge in [0.05, 0.1) is 11.5 Å². The number of para-hydroxylation sites is 1. The summed E-state index contributed by atoms with van der Waals surface area (Å²) < 4.78 is 5.63. The summed E-state index contributed by atoms with van der Waals surface area (Å²) in [5.74, 6) is 0.539. The number of nitrogens with zero attached hydrogens (tertiary/aromatic N) is 1. The maximum absolute atomic E-state index is 12.7. The minimum absolute atomic E-state index is 0.0950. The van der Waals surface area contributed by atoms with E-state index in [9.17, 15) is 9.59 Å². The topological polar surface area (TPSA) is 58.6 Å². The average molecular weight is 394 g/mol. The van der Waals surface area contributed by atoms with Crippen molar-refractivity contribution in [2.75, 3.05) is 19.0 Å². The summed E-state index contributed by atoms with van der Waals surface area (Å²) in [6, 6.07) is 18.2. The van der Waals surface area contributed by atoms with E-state index < -0.39 is 0 Å². The number of benzene rings is 2. The van der Waals surface area contributed by atoms with Crippen molar-refractivity contribution in [1.29, 1.82) is 0 Å². The maximum atomic E-state index is 12.7. The predicted octanol–water partition coefficient (Wildman–Crippen LogP) is 4.67. The Balaban J connectivity index is 1.65. The van der Waals surface area contributed by atoms with Crippen molar-refractivity contribution in [3.8, 4) is 5.75 Å². The third-order valence-electron chi connectivity index (χ3n) is 4.16. The number of hydrogen-bond acceptors (Lipinski definition) is 4. The van der Waals surface area contributed by atoms with E-state index in [0.717, 1.165) is 11.3 Å². The molecule has 6 heteroatoms. The Morgan fingerprint density at radius 1 is 1.04 bits per heavy atom. The zero-order chi connectivity index (χ0) is 19.9. The first kappa shape index (κ1) is 19.6. The van der Waals surface area contributed by atoms with E-state index in [0.29, 0.717) is 29.3 Å². The molecule has 1 heterocycles. The molecule has 0 fully saturated rings. The van der Waals surface area contributed by atoms with Crippen LogP contribution in [0.2, 0.25) is 0 Å². The minimum atomic E-state index is -0.154. The Kier molecular flexibility index (Phi) is 6.45. The van der Waals surface area contributed by atoms with Gasteiger partial charge in [-0.2, -0.15) is 0 Å². The highest BCUT2D eigenvalue weighted by Crippen LogP contribution is 2.21. The monoisotopic (exact) mass is 394 g/mol. The molecule has 0 saturated heterocycles. The van der Waals surface area contributed by atoms with E-state index in [1.165, 1.54) is 11.3 Å². The summed E-state index contributed by atoms with van der Waals surface area (Å²) >= 11 is 1.38. The van der Waals surface area contributed by atoms with Crippen LogP contribution in [-0.4, -0.2) is 30.4 Å². The van der Waals surface area contributed by atoms with Crippen LogP contribution in [0.1, 0.15) is 32.5 Å². The van der Waals surface area contributed by atoms with Crippen LogP contribution in [0.5, 0.6) is 5.75 Å². The van der Waals surface area contributed by atoms with Gasteiger partial charge in [0.1, 0.15) is 5.75 Å². The summed E-state index contributed by atoms with van der Waals surface area (Å²) in [5.41, 5.74) is 2.17. The Labute approximate surface area is 168 Å². The summed E-state index contributed by atoms with van der Waals surface area (Å²) in [4.78, 5) is 27.1. The van der Waals surface area contributed by atoms with Crippen molar-refractivity contribution in [3.05, 3.63) is 82.0 Å². The van der Waals surface area contributed by atoms with Crippen molar-refractivity contribution >= 4 is 28.8 Å². The van der Waals surface area contributed by atoms with E-state index in [1.807, 2.05) is 42.6 Å². The minimum Gasteiger partial charge on any atom is -0.494 e.